The van der Waals surface area contributed by atoms with Gasteiger partial charge in [-0.25, -0.2) is 4.79 Å². The summed E-state index contributed by atoms with van der Waals surface area (Å²) in [4.78, 5) is 35.9. The predicted octanol–water partition coefficient (Wildman–Crippen LogP) is 1.70. The number of carbonyl (C=O) groups excluding carboxylic acids is 2. The second kappa shape index (κ2) is 8.07. The van der Waals surface area contributed by atoms with Gasteiger partial charge in [-0.15, -0.1) is 0 Å². The van der Waals surface area contributed by atoms with Crippen molar-refractivity contribution in [2.45, 2.75) is 57.8 Å². The highest BCUT2D eigenvalue weighted by Crippen LogP contribution is 2.29. The van der Waals surface area contributed by atoms with Crippen molar-refractivity contribution < 1.29 is 9.59 Å². The zero-order valence-corrected chi connectivity index (χ0v) is 16.9. The Bertz CT molecular complexity index is 702. The van der Waals surface area contributed by atoms with E-state index in [2.05, 4.69) is 26.2 Å². The molecule has 0 bridgehead atoms. The molecule has 3 aliphatic heterocycles. The van der Waals surface area contributed by atoms with E-state index in [0.29, 0.717) is 12.6 Å². The van der Waals surface area contributed by atoms with Crippen LogP contribution in [0.5, 0.6) is 0 Å². The highest BCUT2D eigenvalue weighted by atomic mass is 16.2. The molecule has 0 spiro atoms. The van der Waals surface area contributed by atoms with Crippen molar-refractivity contribution in [1.82, 2.24) is 25.0 Å². The van der Waals surface area contributed by atoms with Gasteiger partial charge in [0.15, 0.2) is 0 Å². The Balaban J connectivity index is 1.33. The fraction of sp³-hybridized carbons (Fsp3) is 0.667. The minimum Gasteiger partial charge on any atom is -0.340 e. The first-order valence-electron chi connectivity index (χ1n) is 10.5. The first-order valence-corrected chi connectivity index (χ1v) is 10.5. The molecule has 4 heterocycles. The molecule has 0 radical (unpaired) electrons. The average molecular weight is 386 g/mol. The molecule has 152 valence electrons. The van der Waals surface area contributed by atoms with Gasteiger partial charge in [-0.2, -0.15) is 0 Å². The van der Waals surface area contributed by atoms with Crippen LogP contribution in [0.2, 0.25) is 0 Å². The lowest BCUT2D eigenvalue weighted by Crippen LogP contribution is -2.55. The number of nitrogens with one attached hydrogen (secondary N) is 1. The summed E-state index contributed by atoms with van der Waals surface area (Å²) >= 11 is 0. The highest BCUT2D eigenvalue weighted by Gasteiger charge is 2.46. The van der Waals surface area contributed by atoms with Gasteiger partial charge in [0.1, 0.15) is 0 Å². The summed E-state index contributed by atoms with van der Waals surface area (Å²) in [5.74, 6) is 0.196. The third-order valence-corrected chi connectivity index (χ3v) is 6.34. The molecule has 3 aliphatic rings. The average Bonchev–Trinajstić information content (AvgIpc) is 3.03. The molecule has 3 amide bonds. The molecule has 4 rings (SSSR count). The highest BCUT2D eigenvalue weighted by molar-refractivity contribution is 5.80. The van der Waals surface area contributed by atoms with E-state index in [4.69, 9.17) is 0 Å². The molecular formula is C21H31N5O2. The lowest BCUT2D eigenvalue weighted by molar-refractivity contribution is -0.136. The maximum absolute atomic E-state index is 12.7. The fourth-order valence-electron chi connectivity index (χ4n) is 4.88. The zero-order valence-electron chi connectivity index (χ0n) is 16.9. The number of fused-ring (bicyclic) bond motifs is 1. The third kappa shape index (κ3) is 3.85. The van der Waals surface area contributed by atoms with Crippen LogP contribution in [0.1, 0.15) is 38.8 Å². The zero-order chi connectivity index (χ0) is 19.7. The summed E-state index contributed by atoms with van der Waals surface area (Å²) in [5, 5.41) is 3.15. The lowest BCUT2D eigenvalue weighted by atomic mass is 9.95. The van der Waals surface area contributed by atoms with Crippen LogP contribution in [0.4, 0.5) is 4.79 Å². The van der Waals surface area contributed by atoms with Gasteiger partial charge in [0.2, 0.25) is 5.91 Å². The first-order chi connectivity index (χ1) is 13.5. The standard InChI is InChI=1S/C21H31N5O2/c1-15(2)20(27)25-12-8-19-18(14-25)23-21(28)26(19)17-6-10-24(11-7-17)13-16-5-3-4-9-22-16/h3-5,9,15,17-19H,6-8,10-14H2,1-2H3,(H,23,28). The van der Waals surface area contributed by atoms with E-state index in [1.807, 2.05) is 37.1 Å². The molecule has 7 heteroatoms. The summed E-state index contributed by atoms with van der Waals surface area (Å²) in [6, 6.07) is 6.67. The molecule has 1 aromatic heterocycles. The fourth-order valence-corrected chi connectivity index (χ4v) is 4.88. The normalized spacial score (nSPS) is 26.5. The molecule has 1 aromatic rings. The van der Waals surface area contributed by atoms with E-state index in [1.54, 1.807) is 0 Å². The van der Waals surface area contributed by atoms with Gasteiger partial charge in [-0.05, 0) is 31.4 Å². The third-order valence-electron chi connectivity index (χ3n) is 6.34. The summed E-state index contributed by atoms with van der Waals surface area (Å²) in [6.07, 6.45) is 4.71. The number of likely N-dealkylation sites (tertiary alicyclic amines) is 2. The number of nitrogens with zero attached hydrogens (tertiary/aromatic N) is 4. The quantitative estimate of drug-likeness (QED) is 0.857. The number of carbonyl (C=O) groups is 2. The smallest absolute Gasteiger partial charge is 0.318 e. The SMILES string of the molecule is CC(C)C(=O)N1CCC2C(C1)NC(=O)N2C1CCN(Cc2ccccn2)CC1. The molecule has 0 aliphatic carbocycles. The lowest BCUT2D eigenvalue weighted by Gasteiger charge is -2.42. The Labute approximate surface area is 167 Å². The molecule has 0 aromatic carbocycles. The predicted molar refractivity (Wildman–Crippen MR) is 107 cm³/mol. The van der Waals surface area contributed by atoms with Crippen LogP contribution in [0.3, 0.4) is 0 Å². The van der Waals surface area contributed by atoms with Gasteiger partial charge in [0.05, 0.1) is 17.8 Å². The minimum atomic E-state index is 0.00758. The molecule has 3 fully saturated rings. The monoisotopic (exact) mass is 385 g/mol. The van der Waals surface area contributed by atoms with E-state index in [1.165, 1.54) is 0 Å². The van der Waals surface area contributed by atoms with Gasteiger partial charge < -0.3 is 15.1 Å². The minimum absolute atomic E-state index is 0.00758. The number of hydrogen-bond donors (Lipinski definition) is 1. The van der Waals surface area contributed by atoms with E-state index in [0.717, 1.165) is 51.1 Å². The second-order valence-electron chi connectivity index (χ2n) is 8.59. The van der Waals surface area contributed by atoms with Gasteiger partial charge in [-0.3, -0.25) is 14.7 Å². The Morgan fingerprint density at radius 2 is 2.00 bits per heavy atom. The van der Waals surface area contributed by atoms with E-state index in [9.17, 15) is 9.59 Å². The number of piperidine rings is 2. The molecule has 0 saturated carbocycles. The summed E-state index contributed by atoms with van der Waals surface area (Å²) in [5.41, 5.74) is 1.10. The van der Waals surface area contributed by atoms with Gasteiger partial charge in [0, 0.05) is 50.9 Å². The van der Waals surface area contributed by atoms with Crippen LogP contribution in [0.15, 0.2) is 24.4 Å². The molecule has 7 nitrogen and oxygen atoms in total. The summed E-state index contributed by atoms with van der Waals surface area (Å²) in [6.45, 7) is 8.11. The topological polar surface area (TPSA) is 68.8 Å². The number of rotatable bonds is 4. The number of urea groups is 1. The van der Waals surface area contributed by atoms with Crippen molar-refractivity contribution in [2.75, 3.05) is 26.2 Å². The summed E-state index contributed by atoms with van der Waals surface area (Å²) in [7, 11) is 0. The molecule has 2 atom stereocenters. The first kappa shape index (κ1) is 19.2. The second-order valence-corrected chi connectivity index (χ2v) is 8.59. The largest absolute Gasteiger partial charge is 0.340 e. The molecule has 3 saturated heterocycles. The van der Waals surface area contributed by atoms with Crippen LogP contribution in [0.25, 0.3) is 0 Å². The van der Waals surface area contributed by atoms with Gasteiger partial charge in [0.25, 0.3) is 0 Å². The van der Waals surface area contributed by atoms with Gasteiger partial charge in [-0.1, -0.05) is 19.9 Å². The van der Waals surface area contributed by atoms with Gasteiger partial charge >= 0.3 is 6.03 Å². The molecule has 1 N–H and O–H groups in total. The van der Waals surface area contributed by atoms with Crippen molar-refractivity contribution >= 4 is 11.9 Å². The maximum atomic E-state index is 12.7. The molecule has 2 unspecified atom stereocenters. The number of pyridine rings is 1. The van der Waals surface area contributed by atoms with Crippen LogP contribution in [0, 0.1) is 5.92 Å². The number of aromatic nitrogens is 1. The molecular weight excluding hydrogens is 354 g/mol. The number of hydrogen-bond acceptors (Lipinski definition) is 4. The Hall–Kier alpha value is -2.15. The summed E-state index contributed by atoms with van der Waals surface area (Å²) < 4.78 is 0. The van der Waals surface area contributed by atoms with Crippen molar-refractivity contribution in [3.8, 4) is 0 Å². The van der Waals surface area contributed by atoms with Crippen molar-refractivity contribution in [3.05, 3.63) is 30.1 Å². The van der Waals surface area contributed by atoms with Crippen molar-refractivity contribution in [3.63, 3.8) is 0 Å². The Kier molecular flexibility index (Phi) is 5.53. The van der Waals surface area contributed by atoms with Crippen LogP contribution in [-0.4, -0.2) is 75.9 Å². The molecule has 28 heavy (non-hydrogen) atoms. The van der Waals surface area contributed by atoms with Crippen LogP contribution >= 0.6 is 0 Å². The van der Waals surface area contributed by atoms with Crippen molar-refractivity contribution in [2.24, 2.45) is 5.92 Å². The number of amides is 3. The van der Waals surface area contributed by atoms with E-state index in [-0.39, 0.29) is 29.9 Å². The van der Waals surface area contributed by atoms with E-state index >= 15 is 0 Å². The van der Waals surface area contributed by atoms with E-state index < -0.39 is 0 Å². The Morgan fingerprint density at radius 3 is 2.68 bits per heavy atom. The maximum Gasteiger partial charge on any atom is 0.318 e. The van der Waals surface area contributed by atoms with Crippen LogP contribution < -0.4 is 5.32 Å². The van der Waals surface area contributed by atoms with Crippen molar-refractivity contribution in [1.29, 1.82) is 0 Å². The van der Waals surface area contributed by atoms with Crippen LogP contribution in [-0.2, 0) is 11.3 Å². The Morgan fingerprint density at radius 1 is 1.21 bits per heavy atom.